The highest BCUT2D eigenvalue weighted by atomic mass is 14.9. The molecular formula is C14H22N2. The molecule has 1 aliphatic rings. The number of hydrogen-bond donors (Lipinski definition) is 1. The first-order valence-corrected chi connectivity index (χ1v) is 6.46. The highest BCUT2D eigenvalue weighted by Gasteiger charge is 2.23. The summed E-state index contributed by atoms with van der Waals surface area (Å²) >= 11 is 0. The van der Waals surface area contributed by atoms with Crippen molar-refractivity contribution in [2.75, 3.05) is 7.05 Å². The Kier molecular flexibility index (Phi) is 3.94. The molecule has 1 aliphatic carbocycles. The van der Waals surface area contributed by atoms with Crippen LogP contribution in [-0.4, -0.2) is 12.0 Å². The summed E-state index contributed by atoms with van der Waals surface area (Å²) in [6.07, 6.45) is 8.45. The normalized spacial score (nSPS) is 17.4. The van der Waals surface area contributed by atoms with Crippen molar-refractivity contribution in [1.29, 1.82) is 0 Å². The van der Waals surface area contributed by atoms with Crippen LogP contribution in [0.1, 0.15) is 49.9 Å². The molecule has 0 saturated heterocycles. The maximum absolute atomic E-state index is 4.56. The van der Waals surface area contributed by atoms with E-state index >= 15 is 0 Å². The van der Waals surface area contributed by atoms with Crippen LogP contribution in [0.3, 0.4) is 0 Å². The Morgan fingerprint density at radius 1 is 1.50 bits per heavy atom. The molecule has 1 N–H and O–H groups in total. The van der Waals surface area contributed by atoms with Crippen molar-refractivity contribution < 1.29 is 0 Å². The fourth-order valence-corrected chi connectivity index (χ4v) is 2.29. The second-order valence-corrected chi connectivity index (χ2v) is 4.76. The lowest BCUT2D eigenvalue weighted by atomic mass is 10.00. The summed E-state index contributed by atoms with van der Waals surface area (Å²) < 4.78 is 0. The van der Waals surface area contributed by atoms with Crippen molar-refractivity contribution in [1.82, 2.24) is 10.3 Å². The molecule has 0 amide bonds. The topological polar surface area (TPSA) is 24.9 Å². The highest BCUT2D eigenvalue weighted by Crippen LogP contribution is 2.35. The minimum absolute atomic E-state index is 0.441. The summed E-state index contributed by atoms with van der Waals surface area (Å²) in [6, 6.07) is 4.68. The number of aryl methyl sites for hydroxylation is 1. The van der Waals surface area contributed by atoms with Crippen molar-refractivity contribution in [3.8, 4) is 0 Å². The van der Waals surface area contributed by atoms with E-state index in [2.05, 4.69) is 23.3 Å². The third-order valence-electron chi connectivity index (χ3n) is 3.55. The van der Waals surface area contributed by atoms with Crippen molar-refractivity contribution in [3.63, 3.8) is 0 Å². The van der Waals surface area contributed by atoms with Gasteiger partial charge in [-0.15, -0.1) is 0 Å². The largest absolute Gasteiger partial charge is 0.312 e. The Balaban J connectivity index is 2.04. The lowest BCUT2D eigenvalue weighted by Crippen LogP contribution is -2.19. The Morgan fingerprint density at radius 3 is 2.94 bits per heavy atom. The van der Waals surface area contributed by atoms with Gasteiger partial charge in [-0.1, -0.05) is 25.8 Å². The molecule has 2 heteroatoms. The Morgan fingerprint density at radius 2 is 2.31 bits per heavy atom. The second kappa shape index (κ2) is 5.44. The number of rotatable bonds is 6. The molecule has 1 atom stereocenters. The number of hydrogen-bond acceptors (Lipinski definition) is 2. The lowest BCUT2D eigenvalue weighted by molar-refractivity contribution is 0.493. The Labute approximate surface area is 98.5 Å². The smallest absolute Gasteiger partial charge is 0.0604 e. The fourth-order valence-electron chi connectivity index (χ4n) is 2.29. The standard InChI is InChI=1S/C14H22N2/c1-3-12-5-4-10-16-14(12)13(15-2)9-8-11-6-7-11/h4-5,10-11,13,15H,3,6-9H2,1-2H3. The summed E-state index contributed by atoms with van der Waals surface area (Å²) in [5, 5.41) is 3.41. The number of pyridine rings is 1. The predicted octanol–water partition coefficient (Wildman–Crippen LogP) is 3.09. The third-order valence-corrected chi connectivity index (χ3v) is 3.55. The van der Waals surface area contributed by atoms with Crippen LogP contribution in [0.25, 0.3) is 0 Å². The van der Waals surface area contributed by atoms with Gasteiger partial charge >= 0.3 is 0 Å². The molecule has 2 rings (SSSR count). The van der Waals surface area contributed by atoms with Gasteiger partial charge in [-0.3, -0.25) is 4.98 Å². The molecule has 0 radical (unpaired) electrons. The summed E-state index contributed by atoms with van der Waals surface area (Å²) in [7, 11) is 2.05. The predicted molar refractivity (Wildman–Crippen MR) is 67.4 cm³/mol. The maximum atomic E-state index is 4.56. The molecule has 16 heavy (non-hydrogen) atoms. The molecule has 0 aromatic carbocycles. The van der Waals surface area contributed by atoms with Crippen molar-refractivity contribution in [2.24, 2.45) is 5.92 Å². The summed E-state index contributed by atoms with van der Waals surface area (Å²) in [5.74, 6) is 1.00. The minimum Gasteiger partial charge on any atom is -0.312 e. The molecule has 1 aromatic rings. The Bertz CT molecular complexity index is 331. The zero-order valence-electron chi connectivity index (χ0n) is 10.4. The summed E-state index contributed by atoms with van der Waals surface area (Å²) in [4.78, 5) is 4.56. The first kappa shape index (κ1) is 11.6. The van der Waals surface area contributed by atoms with E-state index < -0.39 is 0 Å². The molecule has 0 aliphatic heterocycles. The van der Waals surface area contributed by atoms with Crippen LogP contribution < -0.4 is 5.32 Å². The van der Waals surface area contributed by atoms with Crippen LogP contribution in [0.15, 0.2) is 18.3 Å². The molecule has 2 nitrogen and oxygen atoms in total. The average Bonchev–Trinajstić information content (AvgIpc) is 3.14. The molecule has 88 valence electrons. The quantitative estimate of drug-likeness (QED) is 0.793. The van der Waals surface area contributed by atoms with E-state index in [0.717, 1.165) is 12.3 Å². The molecule has 1 saturated carbocycles. The van der Waals surface area contributed by atoms with Gasteiger partial charge in [0, 0.05) is 12.2 Å². The monoisotopic (exact) mass is 218 g/mol. The Hall–Kier alpha value is -0.890. The van der Waals surface area contributed by atoms with E-state index in [1.165, 1.54) is 36.9 Å². The first-order chi connectivity index (χ1) is 7.85. The van der Waals surface area contributed by atoms with E-state index in [4.69, 9.17) is 0 Å². The van der Waals surface area contributed by atoms with Gasteiger partial charge in [0.15, 0.2) is 0 Å². The van der Waals surface area contributed by atoms with Gasteiger partial charge in [-0.25, -0.2) is 0 Å². The van der Waals surface area contributed by atoms with E-state index in [1.54, 1.807) is 0 Å². The lowest BCUT2D eigenvalue weighted by Gasteiger charge is -2.18. The highest BCUT2D eigenvalue weighted by molar-refractivity contribution is 5.22. The van der Waals surface area contributed by atoms with E-state index in [-0.39, 0.29) is 0 Å². The first-order valence-electron chi connectivity index (χ1n) is 6.46. The summed E-state index contributed by atoms with van der Waals surface area (Å²) in [5.41, 5.74) is 2.64. The van der Waals surface area contributed by atoms with Crippen LogP contribution in [-0.2, 0) is 6.42 Å². The van der Waals surface area contributed by atoms with Crippen molar-refractivity contribution in [2.45, 2.75) is 45.1 Å². The van der Waals surface area contributed by atoms with Gasteiger partial charge in [0.05, 0.1) is 5.69 Å². The van der Waals surface area contributed by atoms with Crippen LogP contribution >= 0.6 is 0 Å². The molecule has 1 heterocycles. The average molecular weight is 218 g/mol. The van der Waals surface area contributed by atoms with Gasteiger partial charge in [-0.2, -0.15) is 0 Å². The van der Waals surface area contributed by atoms with E-state index in [0.29, 0.717) is 6.04 Å². The van der Waals surface area contributed by atoms with E-state index in [1.807, 2.05) is 19.3 Å². The van der Waals surface area contributed by atoms with Crippen LogP contribution in [0.5, 0.6) is 0 Å². The number of nitrogens with zero attached hydrogens (tertiary/aromatic N) is 1. The zero-order chi connectivity index (χ0) is 11.4. The molecule has 1 unspecified atom stereocenters. The third kappa shape index (κ3) is 2.82. The van der Waals surface area contributed by atoms with Gasteiger partial charge in [-0.05, 0) is 43.9 Å². The van der Waals surface area contributed by atoms with Gasteiger partial charge in [0.1, 0.15) is 0 Å². The van der Waals surface area contributed by atoms with Crippen molar-refractivity contribution >= 4 is 0 Å². The fraction of sp³-hybridized carbons (Fsp3) is 0.643. The van der Waals surface area contributed by atoms with Gasteiger partial charge in [0.2, 0.25) is 0 Å². The zero-order valence-corrected chi connectivity index (χ0v) is 10.4. The molecule has 1 aromatic heterocycles. The minimum atomic E-state index is 0.441. The number of aromatic nitrogens is 1. The number of nitrogens with one attached hydrogen (secondary N) is 1. The summed E-state index contributed by atoms with van der Waals surface area (Å²) in [6.45, 7) is 2.20. The SMILES string of the molecule is CCc1cccnc1C(CCC1CC1)NC. The van der Waals surface area contributed by atoms with Crippen molar-refractivity contribution in [3.05, 3.63) is 29.6 Å². The van der Waals surface area contributed by atoms with Gasteiger partial charge in [0.25, 0.3) is 0 Å². The molecule has 0 bridgehead atoms. The second-order valence-electron chi connectivity index (χ2n) is 4.76. The van der Waals surface area contributed by atoms with Crippen LogP contribution in [0.2, 0.25) is 0 Å². The van der Waals surface area contributed by atoms with Crippen LogP contribution in [0, 0.1) is 5.92 Å². The molecular weight excluding hydrogens is 196 g/mol. The van der Waals surface area contributed by atoms with Crippen LogP contribution in [0.4, 0.5) is 0 Å². The molecule has 1 fully saturated rings. The maximum Gasteiger partial charge on any atom is 0.0604 e. The molecule has 0 spiro atoms. The van der Waals surface area contributed by atoms with Gasteiger partial charge < -0.3 is 5.32 Å². The van der Waals surface area contributed by atoms with E-state index in [9.17, 15) is 0 Å².